The van der Waals surface area contributed by atoms with Crippen LogP contribution in [0.4, 0.5) is 10.5 Å². The summed E-state index contributed by atoms with van der Waals surface area (Å²) in [4.78, 5) is 14.0. The molecule has 0 radical (unpaired) electrons. The molecule has 0 bridgehead atoms. The van der Waals surface area contributed by atoms with Crippen LogP contribution in [0.1, 0.15) is 12.5 Å². The summed E-state index contributed by atoms with van der Waals surface area (Å²) in [5, 5.41) is 2.91. The Hall–Kier alpha value is -1.81. The zero-order valence-corrected chi connectivity index (χ0v) is 12.9. The highest BCUT2D eigenvalue weighted by Crippen LogP contribution is 2.16. The van der Waals surface area contributed by atoms with Crippen LogP contribution in [-0.4, -0.2) is 17.5 Å². The first-order valence-corrected chi connectivity index (χ1v) is 7.33. The molecule has 1 N–H and O–H groups in total. The topological polar surface area (TPSA) is 32.3 Å². The molecular formula is C16H17BrN2O. The molecule has 0 heterocycles. The van der Waals surface area contributed by atoms with E-state index in [4.69, 9.17) is 0 Å². The summed E-state index contributed by atoms with van der Waals surface area (Å²) < 4.78 is 0.946. The molecule has 2 aromatic rings. The predicted octanol–water partition coefficient (Wildman–Crippen LogP) is 4.50. The highest BCUT2D eigenvalue weighted by Gasteiger charge is 2.12. The summed E-state index contributed by atoms with van der Waals surface area (Å²) in [5.74, 6) is 0. The second kappa shape index (κ2) is 7.10. The van der Waals surface area contributed by atoms with Gasteiger partial charge >= 0.3 is 6.03 Å². The first-order chi connectivity index (χ1) is 9.69. The summed E-state index contributed by atoms with van der Waals surface area (Å²) >= 11 is 3.40. The van der Waals surface area contributed by atoms with Crippen molar-refractivity contribution in [3.05, 3.63) is 64.6 Å². The van der Waals surface area contributed by atoms with E-state index >= 15 is 0 Å². The van der Waals surface area contributed by atoms with Gasteiger partial charge in [0.1, 0.15) is 0 Å². The average molecular weight is 333 g/mol. The van der Waals surface area contributed by atoms with Gasteiger partial charge in [-0.15, -0.1) is 0 Å². The molecular weight excluding hydrogens is 316 g/mol. The Morgan fingerprint density at radius 2 is 1.90 bits per heavy atom. The minimum atomic E-state index is -0.0885. The highest BCUT2D eigenvalue weighted by atomic mass is 79.9. The van der Waals surface area contributed by atoms with Crippen molar-refractivity contribution < 1.29 is 4.79 Å². The van der Waals surface area contributed by atoms with Crippen molar-refractivity contribution in [1.29, 1.82) is 0 Å². The molecule has 2 aromatic carbocycles. The fraction of sp³-hybridized carbons (Fsp3) is 0.188. The molecule has 0 unspecified atom stereocenters. The molecule has 0 aliphatic carbocycles. The third-order valence-electron chi connectivity index (χ3n) is 2.96. The molecule has 4 heteroatoms. The minimum Gasteiger partial charge on any atom is -0.320 e. The Labute approximate surface area is 127 Å². The number of carbonyl (C=O) groups excluding carboxylic acids is 1. The molecule has 0 aliphatic heterocycles. The van der Waals surface area contributed by atoms with Gasteiger partial charge < -0.3 is 10.2 Å². The van der Waals surface area contributed by atoms with E-state index in [0.717, 1.165) is 15.7 Å². The maximum atomic E-state index is 12.3. The van der Waals surface area contributed by atoms with Crippen LogP contribution in [0, 0.1) is 0 Å². The van der Waals surface area contributed by atoms with Gasteiger partial charge in [0.25, 0.3) is 0 Å². The molecule has 0 aliphatic rings. The Morgan fingerprint density at radius 3 is 2.55 bits per heavy atom. The molecule has 0 aromatic heterocycles. The molecule has 2 rings (SSSR count). The van der Waals surface area contributed by atoms with Crippen molar-refractivity contribution in [3.63, 3.8) is 0 Å². The number of nitrogens with zero attached hydrogens (tertiary/aromatic N) is 1. The van der Waals surface area contributed by atoms with E-state index in [0.29, 0.717) is 13.1 Å². The lowest BCUT2D eigenvalue weighted by Crippen LogP contribution is -2.34. The number of carbonyl (C=O) groups is 1. The average Bonchev–Trinajstić information content (AvgIpc) is 2.45. The van der Waals surface area contributed by atoms with Gasteiger partial charge in [0.05, 0.1) is 0 Å². The molecule has 0 spiro atoms. The number of anilines is 1. The smallest absolute Gasteiger partial charge is 0.320 e. The Morgan fingerprint density at radius 1 is 1.15 bits per heavy atom. The van der Waals surface area contributed by atoms with Crippen LogP contribution in [0.2, 0.25) is 0 Å². The first-order valence-electron chi connectivity index (χ1n) is 6.54. The third kappa shape index (κ3) is 4.10. The van der Waals surface area contributed by atoms with Crippen molar-refractivity contribution in [2.24, 2.45) is 0 Å². The molecule has 0 saturated heterocycles. The molecule has 0 fully saturated rings. The molecule has 104 valence electrons. The van der Waals surface area contributed by atoms with Crippen LogP contribution in [0.3, 0.4) is 0 Å². The number of nitrogens with one attached hydrogen (secondary N) is 1. The van der Waals surface area contributed by atoms with Crippen LogP contribution in [-0.2, 0) is 6.54 Å². The molecule has 3 nitrogen and oxygen atoms in total. The van der Waals surface area contributed by atoms with Crippen LogP contribution in [0.15, 0.2) is 59.1 Å². The second-order valence-corrected chi connectivity index (χ2v) is 5.36. The summed E-state index contributed by atoms with van der Waals surface area (Å²) in [6.45, 7) is 3.25. The van der Waals surface area contributed by atoms with Gasteiger partial charge in [-0.25, -0.2) is 4.79 Å². The quantitative estimate of drug-likeness (QED) is 0.878. The van der Waals surface area contributed by atoms with E-state index in [1.165, 1.54) is 0 Å². The Bertz CT molecular complexity index is 572. The number of benzene rings is 2. The van der Waals surface area contributed by atoms with Crippen molar-refractivity contribution in [2.45, 2.75) is 13.5 Å². The van der Waals surface area contributed by atoms with Crippen LogP contribution < -0.4 is 5.32 Å². The van der Waals surface area contributed by atoms with E-state index in [-0.39, 0.29) is 6.03 Å². The fourth-order valence-electron chi connectivity index (χ4n) is 1.90. The van der Waals surface area contributed by atoms with Gasteiger partial charge in [-0.3, -0.25) is 0 Å². The Balaban J connectivity index is 2.02. The van der Waals surface area contributed by atoms with E-state index in [1.807, 2.05) is 61.5 Å². The first kappa shape index (κ1) is 14.6. The van der Waals surface area contributed by atoms with Crippen LogP contribution in [0.5, 0.6) is 0 Å². The highest BCUT2D eigenvalue weighted by molar-refractivity contribution is 9.10. The largest absolute Gasteiger partial charge is 0.322 e. The zero-order valence-electron chi connectivity index (χ0n) is 11.3. The molecule has 2 amide bonds. The van der Waals surface area contributed by atoms with Gasteiger partial charge in [-0.2, -0.15) is 0 Å². The van der Waals surface area contributed by atoms with Gasteiger partial charge in [0.15, 0.2) is 0 Å². The van der Waals surface area contributed by atoms with E-state index < -0.39 is 0 Å². The third-order valence-corrected chi connectivity index (χ3v) is 3.45. The molecule has 20 heavy (non-hydrogen) atoms. The molecule has 0 atom stereocenters. The van der Waals surface area contributed by atoms with Crippen LogP contribution in [0.25, 0.3) is 0 Å². The minimum absolute atomic E-state index is 0.0885. The monoisotopic (exact) mass is 332 g/mol. The van der Waals surface area contributed by atoms with Gasteiger partial charge in [0.2, 0.25) is 0 Å². The summed E-state index contributed by atoms with van der Waals surface area (Å²) in [7, 11) is 0. The van der Waals surface area contributed by atoms with Crippen LogP contribution >= 0.6 is 15.9 Å². The summed E-state index contributed by atoms with van der Waals surface area (Å²) in [6.07, 6.45) is 0. The maximum Gasteiger partial charge on any atom is 0.322 e. The predicted molar refractivity (Wildman–Crippen MR) is 85.7 cm³/mol. The van der Waals surface area contributed by atoms with Crippen molar-refractivity contribution in [2.75, 3.05) is 11.9 Å². The number of halogens is 1. The van der Waals surface area contributed by atoms with Gasteiger partial charge in [-0.05, 0) is 30.7 Å². The number of rotatable bonds is 4. The molecule has 0 saturated carbocycles. The van der Waals surface area contributed by atoms with Gasteiger partial charge in [-0.1, -0.05) is 52.3 Å². The van der Waals surface area contributed by atoms with E-state index in [2.05, 4.69) is 21.2 Å². The van der Waals surface area contributed by atoms with Crippen molar-refractivity contribution in [1.82, 2.24) is 4.90 Å². The standard InChI is InChI=1S/C16H17BrN2O/c1-2-19(12-13-7-4-3-5-8-13)16(20)18-15-10-6-9-14(17)11-15/h3-11H,2,12H2,1H3,(H,18,20). The normalized spacial score (nSPS) is 10.1. The van der Waals surface area contributed by atoms with E-state index in [1.54, 1.807) is 4.90 Å². The fourth-order valence-corrected chi connectivity index (χ4v) is 2.30. The SMILES string of the molecule is CCN(Cc1ccccc1)C(=O)Nc1cccc(Br)c1. The van der Waals surface area contributed by atoms with Crippen molar-refractivity contribution in [3.8, 4) is 0 Å². The Kier molecular flexibility index (Phi) is 5.18. The van der Waals surface area contributed by atoms with E-state index in [9.17, 15) is 4.79 Å². The zero-order chi connectivity index (χ0) is 14.4. The van der Waals surface area contributed by atoms with Crippen molar-refractivity contribution >= 4 is 27.6 Å². The van der Waals surface area contributed by atoms with Gasteiger partial charge in [0, 0.05) is 23.2 Å². The maximum absolute atomic E-state index is 12.3. The number of urea groups is 1. The lowest BCUT2D eigenvalue weighted by Gasteiger charge is -2.21. The number of amides is 2. The summed E-state index contributed by atoms with van der Waals surface area (Å²) in [6, 6.07) is 17.5. The summed E-state index contributed by atoms with van der Waals surface area (Å²) in [5.41, 5.74) is 1.91. The lowest BCUT2D eigenvalue weighted by atomic mass is 10.2. The second-order valence-electron chi connectivity index (χ2n) is 4.44. The number of hydrogen-bond acceptors (Lipinski definition) is 1. The lowest BCUT2D eigenvalue weighted by molar-refractivity contribution is 0.212. The number of hydrogen-bond donors (Lipinski definition) is 1.